The summed E-state index contributed by atoms with van der Waals surface area (Å²) in [6, 6.07) is 5.50. The number of halogens is 1. The second kappa shape index (κ2) is 7.45. The van der Waals surface area contributed by atoms with E-state index in [1.807, 2.05) is 19.1 Å². The lowest BCUT2D eigenvalue weighted by atomic mass is 9.92. The van der Waals surface area contributed by atoms with Gasteiger partial charge in [0.2, 0.25) is 0 Å². The van der Waals surface area contributed by atoms with Crippen LogP contribution in [-0.4, -0.2) is 43.1 Å². The normalized spacial score (nSPS) is 19.2. The van der Waals surface area contributed by atoms with Gasteiger partial charge in [-0.05, 0) is 50.5 Å². The number of aryl methyl sites for hydroxylation is 1. The largest absolute Gasteiger partial charge is 0.491 e. The van der Waals surface area contributed by atoms with Crippen LogP contribution in [0.25, 0.3) is 0 Å². The molecule has 0 spiro atoms. The van der Waals surface area contributed by atoms with Crippen molar-refractivity contribution < 1.29 is 14.6 Å². The lowest BCUT2D eigenvalue weighted by Gasteiger charge is -2.35. The molecule has 0 amide bonds. The summed E-state index contributed by atoms with van der Waals surface area (Å²) in [6.07, 6.45) is 1.40. The minimum atomic E-state index is -0.541. The van der Waals surface area contributed by atoms with Crippen LogP contribution in [0, 0.1) is 6.92 Å². The first-order valence-electron chi connectivity index (χ1n) is 7.38. The summed E-state index contributed by atoms with van der Waals surface area (Å²) in [4.78, 5) is 0. The van der Waals surface area contributed by atoms with Crippen molar-refractivity contribution in [1.29, 1.82) is 0 Å². The van der Waals surface area contributed by atoms with E-state index in [0.29, 0.717) is 6.54 Å². The first kappa shape index (κ1) is 16.6. The number of aliphatic hydroxyl groups is 1. The fourth-order valence-electron chi connectivity index (χ4n) is 2.32. The van der Waals surface area contributed by atoms with Gasteiger partial charge in [-0.3, -0.25) is 0 Å². The molecule has 1 aliphatic rings. The SMILES string of the molecule is Cc1cc(OCC(O)CNC2(C)CCOCC2)ccc1Cl. The second-order valence-electron chi connectivity index (χ2n) is 5.93. The summed E-state index contributed by atoms with van der Waals surface area (Å²) < 4.78 is 11.0. The van der Waals surface area contributed by atoms with Crippen molar-refractivity contribution in [3.8, 4) is 5.75 Å². The van der Waals surface area contributed by atoms with Crippen molar-refractivity contribution in [1.82, 2.24) is 5.32 Å². The summed E-state index contributed by atoms with van der Waals surface area (Å²) in [6.45, 7) is 6.44. The maximum atomic E-state index is 10.0. The zero-order valence-electron chi connectivity index (χ0n) is 12.7. The van der Waals surface area contributed by atoms with Gasteiger partial charge >= 0.3 is 0 Å². The molecule has 1 heterocycles. The van der Waals surface area contributed by atoms with Crippen LogP contribution in [0.3, 0.4) is 0 Å². The zero-order valence-corrected chi connectivity index (χ0v) is 13.4. The van der Waals surface area contributed by atoms with Gasteiger partial charge in [-0.15, -0.1) is 0 Å². The summed E-state index contributed by atoms with van der Waals surface area (Å²) in [7, 11) is 0. The standard InChI is InChI=1S/C16H24ClNO3/c1-12-9-14(3-4-15(12)17)21-11-13(19)10-18-16(2)5-7-20-8-6-16/h3-4,9,13,18-19H,5-8,10-11H2,1-2H3. The fourth-order valence-corrected chi connectivity index (χ4v) is 2.44. The lowest BCUT2D eigenvalue weighted by Crippen LogP contribution is -2.50. The van der Waals surface area contributed by atoms with Gasteiger partial charge in [-0.2, -0.15) is 0 Å². The Bertz CT molecular complexity index is 461. The van der Waals surface area contributed by atoms with Gasteiger partial charge < -0.3 is 19.9 Å². The zero-order chi connectivity index (χ0) is 15.3. The monoisotopic (exact) mass is 313 g/mol. The molecule has 0 saturated carbocycles. The molecule has 0 aromatic heterocycles. The van der Waals surface area contributed by atoms with E-state index in [4.69, 9.17) is 21.1 Å². The fraction of sp³-hybridized carbons (Fsp3) is 0.625. The van der Waals surface area contributed by atoms with Gasteiger partial charge in [0, 0.05) is 30.3 Å². The van der Waals surface area contributed by atoms with Crippen LogP contribution in [0.5, 0.6) is 5.75 Å². The Kier molecular flexibility index (Phi) is 5.88. The van der Waals surface area contributed by atoms with Gasteiger partial charge in [-0.1, -0.05) is 11.6 Å². The highest BCUT2D eigenvalue weighted by atomic mass is 35.5. The molecule has 1 atom stereocenters. The topological polar surface area (TPSA) is 50.7 Å². The summed E-state index contributed by atoms with van der Waals surface area (Å²) >= 11 is 5.97. The third kappa shape index (κ3) is 5.15. The smallest absolute Gasteiger partial charge is 0.119 e. The number of rotatable bonds is 6. The van der Waals surface area contributed by atoms with Gasteiger partial charge in [0.15, 0.2) is 0 Å². The average Bonchev–Trinajstić information content (AvgIpc) is 2.47. The minimum Gasteiger partial charge on any atom is -0.491 e. The molecule has 5 heteroatoms. The molecule has 0 bridgehead atoms. The molecule has 1 aromatic rings. The summed E-state index contributed by atoms with van der Waals surface area (Å²) in [5.74, 6) is 0.730. The highest BCUT2D eigenvalue weighted by molar-refractivity contribution is 6.31. The van der Waals surface area contributed by atoms with Crippen molar-refractivity contribution in [3.05, 3.63) is 28.8 Å². The van der Waals surface area contributed by atoms with Gasteiger partial charge in [-0.25, -0.2) is 0 Å². The van der Waals surface area contributed by atoms with Crippen LogP contribution in [0.2, 0.25) is 5.02 Å². The van der Waals surface area contributed by atoms with Crippen LogP contribution >= 0.6 is 11.6 Å². The van der Waals surface area contributed by atoms with E-state index in [-0.39, 0.29) is 12.1 Å². The highest BCUT2D eigenvalue weighted by Gasteiger charge is 2.27. The van der Waals surface area contributed by atoms with E-state index in [1.165, 1.54) is 0 Å². The van der Waals surface area contributed by atoms with E-state index >= 15 is 0 Å². The number of nitrogens with one attached hydrogen (secondary N) is 1. The van der Waals surface area contributed by atoms with Crippen LogP contribution in [-0.2, 0) is 4.74 Å². The maximum Gasteiger partial charge on any atom is 0.119 e. The molecule has 21 heavy (non-hydrogen) atoms. The first-order valence-corrected chi connectivity index (χ1v) is 7.76. The van der Waals surface area contributed by atoms with E-state index in [0.717, 1.165) is 42.4 Å². The highest BCUT2D eigenvalue weighted by Crippen LogP contribution is 2.21. The predicted octanol–water partition coefficient (Wildman–Crippen LogP) is 2.55. The molecule has 1 aliphatic heterocycles. The average molecular weight is 314 g/mol. The molecule has 1 unspecified atom stereocenters. The summed E-state index contributed by atoms with van der Waals surface area (Å²) in [5.41, 5.74) is 1.02. The van der Waals surface area contributed by atoms with Crippen LogP contribution in [0.1, 0.15) is 25.3 Å². The van der Waals surface area contributed by atoms with Crippen molar-refractivity contribution >= 4 is 11.6 Å². The van der Waals surface area contributed by atoms with E-state index in [2.05, 4.69) is 12.2 Å². The van der Waals surface area contributed by atoms with E-state index < -0.39 is 6.10 Å². The Morgan fingerprint density at radius 1 is 1.43 bits per heavy atom. The van der Waals surface area contributed by atoms with Gasteiger partial charge in [0.1, 0.15) is 18.5 Å². The van der Waals surface area contributed by atoms with Crippen LogP contribution in [0.4, 0.5) is 0 Å². The second-order valence-corrected chi connectivity index (χ2v) is 6.34. The van der Waals surface area contributed by atoms with Gasteiger partial charge in [0.25, 0.3) is 0 Å². The Balaban J connectivity index is 1.74. The van der Waals surface area contributed by atoms with Crippen molar-refractivity contribution in [3.63, 3.8) is 0 Å². The van der Waals surface area contributed by atoms with E-state index in [1.54, 1.807) is 6.07 Å². The van der Waals surface area contributed by atoms with E-state index in [9.17, 15) is 5.11 Å². The molecule has 118 valence electrons. The van der Waals surface area contributed by atoms with Gasteiger partial charge in [0.05, 0.1) is 0 Å². The number of hydrogen-bond donors (Lipinski definition) is 2. The number of hydrogen-bond acceptors (Lipinski definition) is 4. The van der Waals surface area contributed by atoms with Crippen molar-refractivity contribution in [2.24, 2.45) is 0 Å². The Morgan fingerprint density at radius 2 is 2.14 bits per heavy atom. The number of β-amino-alcohol motifs (C(OH)–C–C–N with tert-alkyl or cyclic N) is 1. The molecule has 1 fully saturated rings. The lowest BCUT2D eigenvalue weighted by molar-refractivity contribution is 0.0342. The molecular formula is C16H24ClNO3. The molecule has 0 aliphatic carbocycles. The first-order chi connectivity index (χ1) is 9.98. The molecule has 4 nitrogen and oxygen atoms in total. The molecular weight excluding hydrogens is 290 g/mol. The molecule has 0 radical (unpaired) electrons. The number of benzene rings is 1. The summed E-state index contributed by atoms with van der Waals surface area (Å²) in [5, 5.41) is 14.2. The predicted molar refractivity (Wildman–Crippen MR) is 84.2 cm³/mol. The quantitative estimate of drug-likeness (QED) is 0.847. The minimum absolute atomic E-state index is 0.0517. The molecule has 2 N–H and O–H groups in total. The van der Waals surface area contributed by atoms with Crippen LogP contribution in [0.15, 0.2) is 18.2 Å². The Hall–Kier alpha value is -0.810. The number of ether oxygens (including phenoxy) is 2. The Labute approximate surface area is 131 Å². The third-order valence-corrected chi connectivity index (χ3v) is 4.36. The van der Waals surface area contributed by atoms with Crippen molar-refractivity contribution in [2.75, 3.05) is 26.4 Å². The number of aliphatic hydroxyl groups excluding tert-OH is 1. The molecule has 1 saturated heterocycles. The molecule has 1 aromatic carbocycles. The Morgan fingerprint density at radius 3 is 2.81 bits per heavy atom. The van der Waals surface area contributed by atoms with Crippen LogP contribution < -0.4 is 10.1 Å². The van der Waals surface area contributed by atoms with Crippen molar-refractivity contribution in [2.45, 2.75) is 38.3 Å². The third-order valence-electron chi connectivity index (χ3n) is 3.93. The maximum absolute atomic E-state index is 10.0. The molecule has 2 rings (SSSR count).